The van der Waals surface area contributed by atoms with Crippen LogP contribution in [0.5, 0.6) is 0 Å². The van der Waals surface area contributed by atoms with E-state index in [9.17, 15) is 9.59 Å². The van der Waals surface area contributed by atoms with Crippen molar-refractivity contribution in [3.05, 3.63) is 65.7 Å². The second-order valence-corrected chi connectivity index (χ2v) is 8.08. The average molecular weight is 392 g/mol. The van der Waals surface area contributed by atoms with Gasteiger partial charge in [-0.25, -0.2) is 4.79 Å². The van der Waals surface area contributed by atoms with Crippen LogP contribution in [0.4, 0.5) is 10.5 Å². The Hall–Kier alpha value is -2.82. The number of nitrogens with one attached hydrogen (secondary N) is 2. The van der Waals surface area contributed by atoms with Crippen LogP contribution in [0.15, 0.2) is 54.6 Å². The van der Waals surface area contributed by atoms with Gasteiger partial charge in [0.2, 0.25) is 0 Å². The Labute approximate surface area is 172 Å². The minimum Gasteiger partial charge on any atom is -0.335 e. The number of rotatable bonds is 6. The van der Waals surface area contributed by atoms with Gasteiger partial charge in [0.1, 0.15) is 0 Å². The average Bonchev–Trinajstić information content (AvgIpc) is 3.42. The lowest BCUT2D eigenvalue weighted by atomic mass is 9.87. The summed E-state index contributed by atoms with van der Waals surface area (Å²) in [6.45, 7) is 3.00. The third-order valence-corrected chi connectivity index (χ3v) is 5.99. The Bertz CT molecular complexity index is 846. The molecule has 0 bridgehead atoms. The van der Waals surface area contributed by atoms with Crippen LogP contribution in [0.25, 0.3) is 0 Å². The summed E-state index contributed by atoms with van der Waals surface area (Å²) < 4.78 is 0. The molecule has 2 fully saturated rings. The SMILES string of the molecule is CC[C@@H](c1ccccc1)[C@H]1CCCN1C(=O)c1ccc(NC(=O)NC2CC2)cc1. The number of likely N-dealkylation sites (tertiary alicyclic amines) is 1. The van der Waals surface area contributed by atoms with Crippen LogP contribution in [0, 0.1) is 0 Å². The maximum atomic E-state index is 13.2. The molecule has 2 N–H and O–H groups in total. The van der Waals surface area contributed by atoms with E-state index in [1.54, 1.807) is 12.1 Å². The summed E-state index contributed by atoms with van der Waals surface area (Å²) in [5.41, 5.74) is 2.68. The van der Waals surface area contributed by atoms with Gasteiger partial charge < -0.3 is 15.5 Å². The normalized spacial score (nSPS) is 19.6. The zero-order valence-electron chi connectivity index (χ0n) is 16.9. The van der Waals surface area contributed by atoms with Crippen LogP contribution < -0.4 is 10.6 Å². The molecule has 2 aliphatic rings. The number of carbonyl (C=O) groups excluding carboxylic acids is 2. The van der Waals surface area contributed by atoms with E-state index in [1.807, 2.05) is 23.1 Å². The number of anilines is 1. The van der Waals surface area contributed by atoms with Crippen molar-refractivity contribution < 1.29 is 9.59 Å². The highest BCUT2D eigenvalue weighted by molar-refractivity contribution is 5.96. The molecular weight excluding hydrogens is 362 g/mol. The second kappa shape index (κ2) is 8.68. The molecule has 152 valence electrons. The van der Waals surface area contributed by atoms with Gasteiger partial charge in [-0.15, -0.1) is 0 Å². The molecule has 0 radical (unpaired) electrons. The summed E-state index contributed by atoms with van der Waals surface area (Å²) in [7, 11) is 0. The fourth-order valence-electron chi connectivity index (χ4n) is 4.34. The van der Waals surface area contributed by atoms with Gasteiger partial charge in [0.05, 0.1) is 0 Å². The van der Waals surface area contributed by atoms with Crippen LogP contribution >= 0.6 is 0 Å². The fraction of sp³-hybridized carbons (Fsp3) is 0.417. The van der Waals surface area contributed by atoms with Crippen LogP contribution in [0.1, 0.15) is 60.9 Å². The van der Waals surface area contributed by atoms with Gasteiger partial charge in [0, 0.05) is 35.8 Å². The van der Waals surface area contributed by atoms with Crippen molar-refractivity contribution in [1.29, 1.82) is 0 Å². The van der Waals surface area contributed by atoms with Crippen molar-refractivity contribution >= 4 is 17.6 Å². The van der Waals surface area contributed by atoms with Crippen LogP contribution in [0.3, 0.4) is 0 Å². The van der Waals surface area contributed by atoms with Crippen molar-refractivity contribution in [2.24, 2.45) is 0 Å². The van der Waals surface area contributed by atoms with Gasteiger partial charge in [-0.05, 0) is 61.9 Å². The van der Waals surface area contributed by atoms with E-state index in [0.29, 0.717) is 23.2 Å². The number of carbonyl (C=O) groups is 2. The molecule has 2 aromatic rings. The zero-order valence-corrected chi connectivity index (χ0v) is 16.9. The molecule has 1 saturated carbocycles. The third kappa shape index (κ3) is 4.61. The minimum atomic E-state index is -0.181. The van der Waals surface area contributed by atoms with E-state index in [0.717, 1.165) is 38.6 Å². The summed E-state index contributed by atoms with van der Waals surface area (Å²) in [5.74, 6) is 0.436. The third-order valence-electron chi connectivity index (χ3n) is 5.99. The van der Waals surface area contributed by atoms with Gasteiger partial charge in [0.15, 0.2) is 0 Å². The van der Waals surface area contributed by atoms with Gasteiger partial charge in [0.25, 0.3) is 5.91 Å². The van der Waals surface area contributed by atoms with Crippen molar-refractivity contribution in [2.45, 2.75) is 57.0 Å². The van der Waals surface area contributed by atoms with E-state index in [1.165, 1.54) is 5.56 Å². The molecule has 1 saturated heterocycles. The highest BCUT2D eigenvalue weighted by atomic mass is 16.2. The molecule has 29 heavy (non-hydrogen) atoms. The Morgan fingerprint density at radius 1 is 1.03 bits per heavy atom. The number of urea groups is 1. The lowest BCUT2D eigenvalue weighted by Gasteiger charge is -2.32. The molecule has 1 heterocycles. The first-order chi connectivity index (χ1) is 14.2. The molecule has 0 spiro atoms. The molecule has 1 aliphatic heterocycles. The second-order valence-electron chi connectivity index (χ2n) is 8.08. The predicted molar refractivity (Wildman–Crippen MR) is 115 cm³/mol. The molecule has 2 atom stereocenters. The van der Waals surface area contributed by atoms with Gasteiger partial charge >= 0.3 is 6.03 Å². The number of nitrogens with zero attached hydrogens (tertiary/aromatic N) is 1. The number of benzene rings is 2. The van der Waals surface area contributed by atoms with Crippen molar-refractivity contribution in [1.82, 2.24) is 10.2 Å². The van der Waals surface area contributed by atoms with E-state index >= 15 is 0 Å². The van der Waals surface area contributed by atoms with Gasteiger partial charge in [-0.3, -0.25) is 4.79 Å². The standard InChI is InChI=1S/C24H29N3O2/c1-2-21(17-7-4-3-5-8-17)22-9-6-16-27(22)23(28)18-10-12-19(13-11-18)25-24(29)26-20-14-15-20/h3-5,7-8,10-13,20-22H,2,6,9,14-16H2,1H3,(H2,25,26,29)/t21-,22+/m0/s1. The molecule has 0 unspecified atom stereocenters. The number of hydrogen-bond acceptors (Lipinski definition) is 2. The maximum Gasteiger partial charge on any atom is 0.319 e. The minimum absolute atomic E-state index is 0.0795. The molecule has 2 aromatic carbocycles. The van der Waals surface area contributed by atoms with Crippen LogP contribution in [-0.4, -0.2) is 35.5 Å². The highest BCUT2D eigenvalue weighted by Crippen LogP contribution is 2.34. The van der Waals surface area contributed by atoms with Crippen molar-refractivity contribution in [3.63, 3.8) is 0 Å². The number of hydrogen-bond donors (Lipinski definition) is 2. The van der Waals surface area contributed by atoms with Gasteiger partial charge in [-0.2, -0.15) is 0 Å². The summed E-state index contributed by atoms with van der Waals surface area (Å²) in [6.07, 6.45) is 5.21. The zero-order chi connectivity index (χ0) is 20.2. The topological polar surface area (TPSA) is 61.4 Å². The molecule has 3 amide bonds. The fourth-order valence-corrected chi connectivity index (χ4v) is 4.34. The predicted octanol–water partition coefficient (Wildman–Crippen LogP) is 4.77. The molecule has 0 aromatic heterocycles. The Morgan fingerprint density at radius 3 is 2.41 bits per heavy atom. The van der Waals surface area contributed by atoms with E-state index in [4.69, 9.17) is 0 Å². The Balaban J connectivity index is 1.44. The van der Waals surface area contributed by atoms with Crippen LogP contribution in [0.2, 0.25) is 0 Å². The lowest BCUT2D eigenvalue weighted by molar-refractivity contribution is 0.0714. The summed E-state index contributed by atoms with van der Waals surface area (Å²) in [4.78, 5) is 27.1. The molecule has 1 aliphatic carbocycles. The number of amides is 3. The smallest absolute Gasteiger partial charge is 0.319 e. The Kier molecular flexibility index (Phi) is 5.84. The molecule has 4 rings (SSSR count). The summed E-state index contributed by atoms with van der Waals surface area (Å²) in [6, 6.07) is 18.1. The first-order valence-electron chi connectivity index (χ1n) is 10.7. The van der Waals surface area contributed by atoms with E-state index in [-0.39, 0.29) is 18.0 Å². The first kappa shape index (κ1) is 19.5. The van der Waals surface area contributed by atoms with Crippen molar-refractivity contribution in [3.8, 4) is 0 Å². The summed E-state index contributed by atoms with van der Waals surface area (Å²) >= 11 is 0. The molecule has 5 nitrogen and oxygen atoms in total. The van der Waals surface area contributed by atoms with Crippen molar-refractivity contribution in [2.75, 3.05) is 11.9 Å². The largest absolute Gasteiger partial charge is 0.335 e. The monoisotopic (exact) mass is 391 g/mol. The lowest BCUT2D eigenvalue weighted by Crippen LogP contribution is -2.39. The first-order valence-corrected chi connectivity index (χ1v) is 10.7. The highest BCUT2D eigenvalue weighted by Gasteiger charge is 2.35. The van der Waals surface area contributed by atoms with E-state index < -0.39 is 0 Å². The van der Waals surface area contributed by atoms with Gasteiger partial charge in [-0.1, -0.05) is 37.3 Å². The quantitative estimate of drug-likeness (QED) is 0.745. The van der Waals surface area contributed by atoms with Crippen LogP contribution in [-0.2, 0) is 0 Å². The maximum absolute atomic E-state index is 13.2. The van der Waals surface area contributed by atoms with E-state index in [2.05, 4.69) is 41.8 Å². The molecular formula is C24H29N3O2. The Morgan fingerprint density at radius 2 is 1.76 bits per heavy atom. The molecule has 5 heteroatoms. The summed E-state index contributed by atoms with van der Waals surface area (Å²) in [5, 5.41) is 5.73.